The molecule has 0 bridgehead atoms. The smallest absolute Gasteiger partial charge is 0.328 e. The van der Waals surface area contributed by atoms with E-state index in [1.165, 1.54) is 12.1 Å². The number of halogens is 2. The molecular formula is C12H11BrFN3O4. The SMILES string of the molecule is O=C1CN(C(=O)Nc2cc(F)ccc2Br)C(C(=O)O)CN1. The van der Waals surface area contributed by atoms with Crippen molar-refractivity contribution in [2.24, 2.45) is 0 Å². The largest absolute Gasteiger partial charge is 0.480 e. The van der Waals surface area contributed by atoms with Gasteiger partial charge in [0.2, 0.25) is 5.91 Å². The summed E-state index contributed by atoms with van der Waals surface area (Å²) < 4.78 is 13.6. The van der Waals surface area contributed by atoms with E-state index in [0.717, 1.165) is 11.0 Å². The lowest BCUT2D eigenvalue weighted by atomic mass is 10.2. The van der Waals surface area contributed by atoms with Crippen LogP contribution in [0, 0.1) is 5.82 Å². The third-order valence-corrected chi connectivity index (χ3v) is 3.59. The van der Waals surface area contributed by atoms with Crippen molar-refractivity contribution in [3.63, 3.8) is 0 Å². The van der Waals surface area contributed by atoms with Gasteiger partial charge < -0.3 is 15.7 Å². The van der Waals surface area contributed by atoms with E-state index < -0.39 is 29.8 Å². The van der Waals surface area contributed by atoms with E-state index in [2.05, 4.69) is 26.6 Å². The van der Waals surface area contributed by atoms with E-state index in [-0.39, 0.29) is 18.8 Å². The molecule has 0 saturated carbocycles. The van der Waals surface area contributed by atoms with Gasteiger partial charge >= 0.3 is 12.0 Å². The zero-order valence-electron chi connectivity index (χ0n) is 10.6. The molecule has 21 heavy (non-hydrogen) atoms. The summed E-state index contributed by atoms with van der Waals surface area (Å²) in [6.07, 6.45) is 0. The van der Waals surface area contributed by atoms with Gasteiger partial charge in [0.1, 0.15) is 18.4 Å². The summed E-state index contributed by atoms with van der Waals surface area (Å²) >= 11 is 3.14. The number of piperazine rings is 1. The molecule has 0 aliphatic carbocycles. The summed E-state index contributed by atoms with van der Waals surface area (Å²) in [6, 6.07) is 1.73. The molecule has 2 rings (SSSR count). The number of benzene rings is 1. The van der Waals surface area contributed by atoms with E-state index in [4.69, 9.17) is 5.11 Å². The zero-order chi connectivity index (χ0) is 15.6. The maximum atomic E-state index is 13.2. The number of rotatable bonds is 2. The molecule has 3 amide bonds. The Morgan fingerprint density at radius 2 is 2.19 bits per heavy atom. The lowest BCUT2D eigenvalue weighted by Gasteiger charge is -2.32. The zero-order valence-corrected chi connectivity index (χ0v) is 12.2. The van der Waals surface area contributed by atoms with Crippen LogP contribution in [0.4, 0.5) is 14.9 Å². The van der Waals surface area contributed by atoms with Gasteiger partial charge in [0.15, 0.2) is 0 Å². The second kappa shape index (κ2) is 6.08. The first-order valence-electron chi connectivity index (χ1n) is 5.90. The highest BCUT2D eigenvalue weighted by atomic mass is 79.9. The van der Waals surface area contributed by atoms with Crippen molar-refractivity contribution in [1.82, 2.24) is 10.2 Å². The third kappa shape index (κ3) is 3.48. The van der Waals surface area contributed by atoms with Gasteiger partial charge in [-0.2, -0.15) is 0 Å². The number of urea groups is 1. The van der Waals surface area contributed by atoms with Crippen molar-refractivity contribution in [3.8, 4) is 0 Å². The highest BCUT2D eigenvalue weighted by Crippen LogP contribution is 2.23. The lowest BCUT2D eigenvalue weighted by Crippen LogP contribution is -2.60. The summed E-state index contributed by atoms with van der Waals surface area (Å²) in [5.74, 6) is -2.25. The molecule has 112 valence electrons. The molecule has 1 fully saturated rings. The summed E-state index contributed by atoms with van der Waals surface area (Å²) in [7, 11) is 0. The van der Waals surface area contributed by atoms with E-state index in [0.29, 0.717) is 4.47 Å². The third-order valence-electron chi connectivity index (χ3n) is 2.90. The van der Waals surface area contributed by atoms with Crippen LogP contribution in [0.25, 0.3) is 0 Å². The molecule has 0 aromatic heterocycles. The molecule has 1 saturated heterocycles. The van der Waals surface area contributed by atoms with Gasteiger partial charge in [-0.1, -0.05) is 0 Å². The molecule has 1 aromatic carbocycles. The van der Waals surface area contributed by atoms with Crippen LogP contribution >= 0.6 is 15.9 Å². The molecule has 0 spiro atoms. The van der Waals surface area contributed by atoms with Crippen LogP contribution < -0.4 is 10.6 Å². The summed E-state index contributed by atoms with van der Waals surface area (Å²) in [5, 5.41) is 13.8. The highest BCUT2D eigenvalue weighted by Gasteiger charge is 2.35. The predicted octanol–water partition coefficient (Wildman–Crippen LogP) is 1.01. The highest BCUT2D eigenvalue weighted by molar-refractivity contribution is 9.10. The van der Waals surface area contributed by atoms with E-state index in [9.17, 15) is 18.8 Å². The molecule has 1 aliphatic rings. The first-order chi connectivity index (χ1) is 9.88. The Kier molecular flexibility index (Phi) is 4.41. The number of carbonyl (C=O) groups is 3. The van der Waals surface area contributed by atoms with E-state index in [1.807, 2.05) is 0 Å². The number of nitrogens with zero attached hydrogens (tertiary/aromatic N) is 1. The fourth-order valence-corrected chi connectivity index (χ4v) is 2.20. The second-order valence-electron chi connectivity index (χ2n) is 4.34. The molecule has 9 heteroatoms. The Morgan fingerprint density at radius 1 is 1.48 bits per heavy atom. The standard InChI is InChI=1S/C12H11BrFN3O4/c13-7-2-1-6(14)3-8(7)16-12(21)17-5-10(18)15-4-9(17)11(19)20/h1-3,9H,4-5H2,(H,15,18)(H,16,21)(H,19,20). The number of aliphatic carboxylic acids is 1. The van der Waals surface area contributed by atoms with Crippen molar-refractivity contribution < 1.29 is 23.9 Å². The molecule has 1 atom stereocenters. The predicted molar refractivity (Wildman–Crippen MR) is 74.3 cm³/mol. The number of hydrogen-bond donors (Lipinski definition) is 3. The van der Waals surface area contributed by atoms with Crippen molar-refractivity contribution in [3.05, 3.63) is 28.5 Å². The molecule has 7 nitrogen and oxygen atoms in total. The van der Waals surface area contributed by atoms with Crippen LogP contribution in [0.15, 0.2) is 22.7 Å². The molecule has 3 N–H and O–H groups in total. The van der Waals surface area contributed by atoms with Crippen LogP contribution in [0.1, 0.15) is 0 Å². The normalized spacial score (nSPS) is 18.1. The van der Waals surface area contributed by atoms with Gasteiger partial charge in [-0.3, -0.25) is 9.69 Å². The first-order valence-corrected chi connectivity index (χ1v) is 6.70. The summed E-state index contributed by atoms with van der Waals surface area (Å²) in [6.45, 7) is -0.554. The van der Waals surface area contributed by atoms with Crippen LogP contribution in [0.5, 0.6) is 0 Å². The average molecular weight is 360 g/mol. The number of amides is 3. The maximum Gasteiger partial charge on any atom is 0.328 e. The minimum absolute atomic E-state index is 0.148. The fraction of sp³-hybridized carbons (Fsp3) is 0.250. The molecule has 1 unspecified atom stereocenters. The van der Waals surface area contributed by atoms with Gasteiger partial charge in [0, 0.05) is 11.0 Å². The monoisotopic (exact) mass is 359 g/mol. The number of hydrogen-bond acceptors (Lipinski definition) is 3. The molecular weight excluding hydrogens is 349 g/mol. The number of anilines is 1. The van der Waals surface area contributed by atoms with Gasteiger partial charge in [-0.15, -0.1) is 0 Å². The number of carbonyl (C=O) groups excluding carboxylic acids is 2. The summed E-state index contributed by atoms with van der Waals surface area (Å²) in [5.41, 5.74) is 0.148. The Morgan fingerprint density at radius 3 is 2.86 bits per heavy atom. The van der Waals surface area contributed by atoms with Crippen LogP contribution in [0.3, 0.4) is 0 Å². The maximum absolute atomic E-state index is 13.2. The van der Waals surface area contributed by atoms with Crippen molar-refractivity contribution in [2.45, 2.75) is 6.04 Å². The van der Waals surface area contributed by atoms with Gasteiger partial charge in [-0.05, 0) is 34.1 Å². The van der Waals surface area contributed by atoms with E-state index >= 15 is 0 Å². The Labute approximate surface area is 127 Å². The van der Waals surface area contributed by atoms with Crippen molar-refractivity contribution in [2.75, 3.05) is 18.4 Å². The summed E-state index contributed by atoms with van der Waals surface area (Å²) in [4.78, 5) is 35.4. The molecule has 1 aromatic rings. The second-order valence-corrected chi connectivity index (χ2v) is 5.19. The fourth-order valence-electron chi connectivity index (χ4n) is 1.86. The van der Waals surface area contributed by atoms with Gasteiger partial charge in [-0.25, -0.2) is 14.0 Å². The topological polar surface area (TPSA) is 98.7 Å². The number of carboxylic acid groups (broad SMARTS) is 1. The first kappa shape index (κ1) is 15.2. The Bertz CT molecular complexity index is 610. The molecule has 0 radical (unpaired) electrons. The van der Waals surface area contributed by atoms with Gasteiger partial charge in [0.05, 0.1) is 5.69 Å². The van der Waals surface area contributed by atoms with Crippen LogP contribution in [-0.2, 0) is 9.59 Å². The lowest BCUT2D eigenvalue weighted by molar-refractivity contribution is -0.144. The average Bonchev–Trinajstić information content (AvgIpc) is 2.42. The molecule has 1 heterocycles. The number of nitrogens with one attached hydrogen (secondary N) is 2. The van der Waals surface area contributed by atoms with E-state index in [1.54, 1.807) is 0 Å². The Balaban J connectivity index is 2.19. The van der Waals surface area contributed by atoms with Gasteiger partial charge in [0.25, 0.3) is 0 Å². The number of carboxylic acids is 1. The molecule has 1 aliphatic heterocycles. The Hall–Kier alpha value is -2.16. The quantitative estimate of drug-likeness (QED) is 0.733. The van der Waals surface area contributed by atoms with Crippen LogP contribution in [-0.4, -0.2) is 47.0 Å². The minimum atomic E-state index is -1.23. The minimum Gasteiger partial charge on any atom is -0.480 e. The van der Waals surface area contributed by atoms with Crippen molar-refractivity contribution >= 4 is 39.5 Å². The van der Waals surface area contributed by atoms with Crippen LogP contribution in [0.2, 0.25) is 0 Å². The van der Waals surface area contributed by atoms with Crippen molar-refractivity contribution in [1.29, 1.82) is 0 Å².